The lowest BCUT2D eigenvalue weighted by molar-refractivity contribution is 0.0548. The average Bonchev–Trinajstić information content (AvgIpc) is 3.32. The molecule has 0 unspecified atom stereocenters. The van der Waals surface area contributed by atoms with Crippen LogP contribution in [-0.4, -0.2) is 45.5 Å². The first-order chi connectivity index (χ1) is 15.7. The van der Waals surface area contributed by atoms with Gasteiger partial charge in [-0.1, -0.05) is 12.1 Å². The molecule has 2 aromatic carbocycles. The van der Waals surface area contributed by atoms with Gasteiger partial charge in [-0.25, -0.2) is 4.98 Å². The predicted molar refractivity (Wildman–Crippen MR) is 121 cm³/mol. The summed E-state index contributed by atoms with van der Waals surface area (Å²) in [6.07, 6.45) is 9.48. The summed E-state index contributed by atoms with van der Waals surface area (Å²) in [7, 11) is 0. The second-order valence-corrected chi connectivity index (χ2v) is 8.38. The van der Waals surface area contributed by atoms with Crippen molar-refractivity contribution in [3.8, 4) is 5.75 Å². The number of anilines is 1. The summed E-state index contributed by atoms with van der Waals surface area (Å²) >= 11 is 0. The zero-order valence-corrected chi connectivity index (χ0v) is 17.9. The lowest BCUT2D eigenvalue weighted by Crippen LogP contribution is -2.45. The first kappa shape index (κ1) is 20.3. The maximum absolute atomic E-state index is 13.2. The number of ether oxygens (including phenoxy) is 1. The molecule has 32 heavy (non-hydrogen) atoms. The minimum atomic E-state index is -0.214. The summed E-state index contributed by atoms with van der Waals surface area (Å²) in [4.78, 5) is 32.0. The van der Waals surface area contributed by atoms with Gasteiger partial charge in [0.2, 0.25) is 0 Å². The summed E-state index contributed by atoms with van der Waals surface area (Å²) in [5, 5.41) is 2.92. The summed E-state index contributed by atoms with van der Waals surface area (Å²) in [5.74, 6) is 0.361. The Morgan fingerprint density at radius 3 is 2.81 bits per heavy atom. The quantitative estimate of drug-likeness (QED) is 0.680. The molecular formula is C25H26N4O3. The molecular weight excluding hydrogens is 404 g/mol. The van der Waals surface area contributed by atoms with Crippen molar-refractivity contribution in [2.45, 2.75) is 38.3 Å². The van der Waals surface area contributed by atoms with Gasteiger partial charge in [0.15, 0.2) is 0 Å². The molecule has 1 atom stereocenters. The van der Waals surface area contributed by atoms with Crippen molar-refractivity contribution in [2.75, 3.05) is 18.5 Å². The van der Waals surface area contributed by atoms with Crippen LogP contribution in [0.4, 0.5) is 5.69 Å². The van der Waals surface area contributed by atoms with Gasteiger partial charge in [0.25, 0.3) is 11.8 Å². The van der Waals surface area contributed by atoms with Crippen LogP contribution in [0, 0.1) is 0 Å². The molecule has 0 saturated carbocycles. The number of aromatic nitrogens is 2. The number of rotatable bonds is 4. The lowest BCUT2D eigenvalue weighted by Gasteiger charge is -2.37. The number of nitrogens with zero attached hydrogens (tertiary/aromatic N) is 3. The van der Waals surface area contributed by atoms with Crippen LogP contribution in [0.15, 0.2) is 61.2 Å². The van der Waals surface area contributed by atoms with E-state index >= 15 is 0 Å². The fourth-order valence-corrected chi connectivity index (χ4v) is 4.48. The third kappa shape index (κ3) is 4.23. The van der Waals surface area contributed by atoms with E-state index in [-0.39, 0.29) is 17.9 Å². The maximum atomic E-state index is 13.2. The molecule has 7 heteroatoms. The average molecular weight is 431 g/mol. The first-order valence-electron chi connectivity index (χ1n) is 11.1. The van der Waals surface area contributed by atoms with Crippen molar-refractivity contribution in [1.82, 2.24) is 14.5 Å². The van der Waals surface area contributed by atoms with Crippen molar-refractivity contribution < 1.29 is 14.3 Å². The molecule has 1 saturated heterocycles. The molecule has 164 valence electrons. The van der Waals surface area contributed by atoms with Crippen LogP contribution in [0.3, 0.4) is 0 Å². The van der Waals surface area contributed by atoms with Crippen molar-refractivity contribution in [1.29, 1.82) is 0 Å². The Morgan fingerprint density at radius 1 is 1.12 bits per heavy atom. The van der Waals surface area contributed by atoms with Crippen LogP contribution in [0.2, 0.25) is 0 Å². The van der Waals surface area contributed by atoms with Crippen molar-refractivity contribution in [2.24, 2.45) is 0 Å². The van der Waals surface area contributed by atoms with E-state index in [0.717, 1.165) is 37.8 Å². The molecule has 2 aliphatic rings. The Balaban J connectivity index is 1.31. The highest BCUT2D eigenvalue weighted by atomic mass is 16.5. The molecule has 2 aliphatic heterocycles. The van der Waals surface area contributed by atoms with E-state index in [1.807, 2.05) is 39.9 Å². The zero-order chi connectivity index (χ0) is 21.9. The van der Waals surface area contributed by atoms with E-state index in [1.54, 1.807) is 30.7 Å². The highest BCUT2D eigenvalue weighted by Crippen LogP contribution is 2.31. The highest BCUT2D eigenvalue weighted by Gasteiger charge is 2.31. The van der Waals surface area contributed by atoms with Gasteiger partial charge in [-0.15, -0.1) is 0 Å². The van der Waals surface area contributed by atoms with Gasteiger partial charge in [-0.3, -0.25) is 9.59 Å². The van der Waals surface area contributed by atoms with Crippen molar-refractivity contribution >= 4 is 17.5 Å². The summed E-state index contributed by atoms with van der Waals surface area (Å²) in [6, 6.07) is 13.0. The topological polar surface area (TPSA) is 76.5 Å². The molecule has 0 aliphatic carbocycles. The largest absolute Gasteiger partial charge is 0.493 e. The Kier molecular flexibility index (Phi) is 5.62. The Morgan fingerprint density at radius 2 is 2.00 bits per heavy atom. The third-order valence-electron chi connectivity index (χ3n) is 6.20. The summed E-state index contributed by atoms with van der Waals surface area (Å²) in [6.45, 7) is 2.08. The Labute approximate surface area is 187 Å². The van der Waals surface area contributed by atoms with Gasteiger partial charge in [-0.2, -0.15) is 0 Å². The summed E-state index contributed by atoms with van der Waals surface area (Å²) in [5.41, 5.74) is 2.75. The van der Waals surface area contributed by atoms with E-state index in [2.05, 4.69) is 10.3 Å². The zero-order valence-electron chi connectivity index (χ0n) is 17.9. The molecule has 3 heterocycles. The van der Waals surface area contributed by atoms with Gasteiger partial charge < -0.3 is 19.5 Å². The molecule has 2 amide bonds. The molecule has 0 spiro atoms. The normalized spacial score (nSPS) is 18.1. The SMILES string of the molecule is O=C(Nc1ccc2c(c1)C(=O)N1CCCC[C@H]1CCO2)c1ccc(Cn2ccnc2)cc1. The number of piperidine rings is 1. The smallest absolute Gasteiger partial charge is 0.257 e. The highest BCUT2D eigenvalue weighted by molar-refractivity contribution is 6.05. The molecule has 1 fully saturated rings. The number of carbonyl (C=O) groups is 2. The number of benzene rings is 2. The lowest BCUT2D eigenvalue weighted by atomic mass is 9.97. The van der Waals surface area contributed by atoms with E-state index in [4.69, 9.17) is 4.74 Å². The number of carbonyl (C=O) groups excluding carboxylic acids is 2. The van der Waals surface area contributed by atoms with E-state index in [9.17, 15) is 9.59 Å². The van der Waals surface area contributed by atoms with Crippen LogP contribution >= 0.6 is 0 Å². The van der Waals surface area contributed by atoms with Crippen LogP contribution in [0.1, 0.15) is 52.0 Å². The Hall–Kier alpha value is -3.61. The van der Waals surface area contributed by atoms with Gasteiger partial charge >= 0.3 is 0 Å². The molecule has 1 aromatic heterocycles. The molecule has 7 nitrogen and oxygen atoms in total. The molecule has 0 bridgehead atoms. The predicted octanol–water partition coefficient (Wildman–Crippen LogP) is 3.96. The third-order valence-corrected chi connectivity index (χ3v) is 6.20. The fraction of sp³-hybridized carbons (Fsp3) is 0.320. The number of fused-ring (bicyclic) bond motifs is 2. The molecule has 5 rings (SSSR count). The fourth-order valence-electron chi connectivity index (χ4n) is 4.48. The first-order valence-corrected chi connectivity index (χ1v) is 11.1. The van der Waals surface area contributed by atoms with Crippen LogP contribution in [0.25, 0.3) is 0 Å². The number of amides is 2. The van der Waals surface area contributed by atoms with Crippen LogP contribution in [0.5, 0.6) is 5.75 Å². The monoisotopic (exact) mass is 430 g/mol. The van der Waals surface area contributed by atoms with Crippen molar-refractivity contribution in [3.63, 3.8) is 0 Å². The van der Waals surface area contributed by atoms with Crippen LogP contribution < -0.4 is 10.1 Å². The second-order valence-electron chi connectivity index (χ2n) is 8.38. The van der Waals surface area contributed by atoms with Gasteiger partial charge in [0, 0.05) is 49.2 Å². The minimum absolute atomic E-state index is 0.00986. The van der Waals surface area contributed by atoms with E-state index in [1.165, 1.54) is 0 Å². The number of hydrogen-bond acceptors (Lipinski definition) is 4. The molecule has 3 aromatic rings. The second kappa shape index (κ2) is 8.86. The number of imidazole rings is 1. The van der Waals surface area contributed by atoms with E-state index < -0.39 is 0 Å². The Bertz CT molecular complexity index is 1110. The van der Waals surface area contributed by atoms with Gasteiger partial charge in [0.1, 0.15) is 5.75 Å². The van der Waals surface area contributed by atoms with E-state index in [0.29, 0.717) is 35.7 Å². The molecule has 0 radical (unpaired) electrons. The minimum Gasteiger partial charge on any atom is -0.493 e. The number of hydrogen-bond donors (Lipinski definition) is 1. The van der Waals surface area contributed by atoms with Gasteiger partial charge in [-0.05, 0) is 55.2 Å². The maximum Gasteiger partial charge on any atom is 0.257 e. The van der Waals surface area contributed by atoms with Gasteiger partial charge in [0.05, 0.1) is 18.5 Å². The number of nitrogens with one attached hydrogen (secondary N) is 1. The summed E-state index contributed by atoms with van der Waals surface area (Å²) < 4.78 is 7.85. The van der Waals surface area contributed by atoms with Crippen LogP contribution in [-0.2, 0) is 6.54 Å². The molecule has 1 N–H and O–H groups in total. The van der Waals surface area contributed by atoms with Crippen molar-refractivity contribution in [3.05, 3.63) is 77.9 Å². The standard InChI is InChI=1S/C25H26N4O3/c30-24(19-6-4-18(5-7-19)16-28-13-11-26-17-28)27-20-8-9-23-22(15-20)25(31)29-12-2-1-3-21(29)10-14-32-23/h4-9,11,13,15,17,21H,1-3,10,12,14,16H2,(H,27,30)/t21-/m0/s1.